The summed E-state index contributed by atoms with van der Waals surface area (Å²) in [5, 5.41) is 0. The lowest BCUT2D eigenvalue weighted by atomic mass is 10.0. The van der Waals surface area contributed by atoms with Gasteiger partial charge in [-0.25, -0.2) is 0 Å². The van der Waals surface area contributed by atoms with E-state index < -0.39 is 5.60 Å². The standard InChI is InChI=1S/C22H26N2O4/c1-26-20-9-7-18(8-10-20)13-23-11-12-27-17-22(15-23)16-24(21(25)14-28-22)19-5-3-2-4-6-19/h2-10H,11-17H2,1H3/t22-/m0/s1. The van der Waals surface area contributed by atoms with E-state index in [1.54, 1.807) is 7.11 Å². The monoisotopic (exact) mass is 382 g/mol. The molecule has 2 aromatic carbocycles. The van der Waals surface area contributed by atoms with Crippen LogP contribution in [0.25, 0.3) is 0 Å². The van der Waals surface area contributed by atoms with Crippen LogP contribution in [0.5, 0.6) is 5.75 Å². The number of ether oxygens (including phenoxy) is 3. The van der Waals surface area contributed by atoms with Gasteiger partial charge in [0.05, 0.1) is 26.9 Å². The fourth-order valence-corrected chi connectivity index (χ4v) is 3.85. The highest BCUT2D eigenvalue weighted by atomic mass is 16.6. The number of rotatable bonds is 4. The second-order valence-electron chi connectivity index (χ2n) is 7.40. The maximum absolute atomic E-state index is 12.5. The van der Waals surface area contributed by atoms with Gasteiger partial charge in [-0.1, -0.05) is 30.3 Å². The molecule has 0 aromatic heterocycles. The number of methoxy groups -OCH3 is 1. The minimum absolute atomic E-state index is 0.0113. The first-order valence-corrected chi connectivity index (χ1v) is 9.60. The molecule has 148 valence electrons. The van der Waals surface area contributed by atoms with Crippen molar-refractivity contribution in [2.75, 3.05) is 51.5 Å². The Bertz CT molecular complexity index is 796. The Morgan fingerprint density at radius 3 is 2.61 bits per heavy atom. The van der Waals surface area contributed by atoms with E-state index in [1.165, 1.54) is 5.56 Å². The average Bonchev–Trinajstić information content (AvgIpc) is 2.93. The summed E-state index contributed by atoms with van der Waals surface area (Å²) >= 11 is 0. The summed E-state index contributed by atoms with van der Waals surface area (Å²) in [6.45, 7) is 4.07. The van der Waals surface area contributed by atoms with Crippen LogP contribution in [0.4, 0.5) is 5.69 Å². The summed E-state index contributed by atoms with van der Waals surface area (Å²) in [6, 6.07) is 17.9. The predicted molar refractivity (Wildman–Crippen MR) is 107 cm³/mol. The lowest BCUT2D eigenvalue weighted by molar-refractivity contribution is -0.146. The normalized spacial score (nSPS) is 23.6. The van der Waals surface area contributed by atoms with Crippen molar-refractivity contribution in [3.05, 3.63) is 60.2 Å². The molecule has 1 atom stereocenters. The van der Waals surface area contributed by atoms with E-state index in [9.17, 15) is 4.79 Å². The average molecular weight is 382 g/mol. The van der Waals surface area contributed by atoms with Gasteiger partial charge < -0.3 is 19.1 Å². The van der Waals surface area contributed by atoms with Gasteiger partial charge in [0, 0.05) is 25.3 Å². The molecular formula is C22H26N2O4. The lowest BCUT2D eigenvalue weighted by Gasteiger charge is -2.43. The van der Waals surface area contributed by atoms with E-state index in [0.717, 1.165) is 31.1 Å². The van der Waals surface area contributed by atoms with Crippen molar-refractivity contribution < 1.29 is 19.0 Å². The van der Waals surface area contributed by atoms with Gasteiger partial charge >= 0.3 is 0 Å². The maximum Gasteiger partial charge on any atom is 0.253 e. The number of hydrogen-bond donors (Lipinski definition) is 0. The topological polar surface area (TPSA) is 51.2 Å². The van der Waals surface area contributed by atoms with Crippen LogP contribution in [0.2, 0.25) is 0 Å². The molecule has 6 nitrogen and oxygen atoms in total. The summed E-state index contributed by atoms with van der Waals surface area (Å²) in [6.07, 6.45) is 0. The zero-order valence-corrected chi connectivity index (χ0v) is 16.2. The fourth-order valence-electron chi connectivity index (χ4n) is 3.85. The molecule has 0 unspecified atom stereocenters. The molecule has 4 rings (SSSR count). The highest BCUT2D eigenvalue weighted by Gasteiger charge is 2.43. The molecule has 6 heteroatoms. The number of para-hydroxylation sites is 1. The van der Waals surface area contributed by atoms with E-state index in [2.05, 4.69) is 17.0 Å². The van der Waals surface area contributed by atoms with Gasteiger partial charge in [-0.05, 0) is 29.8 Å². The number of hydrogen-bond acceptors (Lipinski definition) is 5. The Hall–Kier alpha value is -2.41. The summed E-state index contributed by atoms with van der Waals surface area (Å²) < 4.78 is 17.2. The van der Waals surface area contributed by atoms with E-state index in [0.29, 0.717) is 19.8 Å². The largest absolute Gasteiger partial charge is 0.497 e. The molecule has 2 fully saturated rings. The predicted octanol–water partition coefficient (Wildman–Crippen LogP) is 2.33. The van der Waals surface area contributed by atoms with Gasteiger partial charge in [-0.15, -0.1) is 0 Å². The number of nitrogens with zero attached hydrogens (tertiary/aromatic N) is 2. The van der Waals surface area contributed by atoms with Crippen LogP contribution >= 0.6 is 0 Å². The van der Waals surface area contributed by atoms with Crippen molar-refractivity contribution >= 4 is 11.6 Å². The molecule has 28 heavy (non-hydrogen) atoms. The Labute approximate surface area is 165 Å². The van der Waals surface area contributed by atoms with Crippen molar-refractivity contribution in [2.45, 2.75) is 12.1 Å². The zero-order valence-electron chi connectivity index (χ0n) is 16.2. The first kappa shape index (κ1) is 18.9. The molecule has 2 aliphatic heterocycles. The Kier molecular flexibility index (Phi) is 5.62. The van der Waals surface area contributed by atoms with E-state index in [4.69, 9.17) is 14.2 Å². The van der Waals surface area contributed by atoms with E-state index in [1.807, 2.05) is 47.4 Å². The number of anilines is 1. The molecular weight excluding hydrogens is 356 g/mol. The molecule has 0 aliphatic carbocycles. The van der Waals surface area contributed by atoms with Gasteiger partial charge in [0.1, 0.15) is 18.0 Å². The smallest absolute Gasteiger partial charge is 0.253 e. The second-order valence-corrected chi connectivity index (χ2v) is 7.40. The second kappa shape index (κ2) is 8.31. The molecule has 2 aliphatic rings. The van der Waals surface area contributed by atoms with Crippen LogP contribution in [0.1, 0.15) is 5.56 Å². The van der Waals surface area contributed by atoms with Crippen LogP contribution in [0.3, 0.4) is 0 Å². The van der Waals surface area contributed by atoms with Crippen molar-refractivity contribution in [1.82, 2.24) is 4.90 Å². The first-order chi connectivity index (χ1) is 13.7. The molecule has 2 aromatic rings. The SMILES string of the molecule is COc1ccc(CN2CCOC[C@]3(C2)CN(c2ccccc2)C(=O)CO3)cc1. The molecule has 1 spiro atoms. The Morgan fingerprint density at radius 1 is 1.07 bits per heavy atom. The molecule has 0 saturated carbocycles. The van der Waals surface area contributed by atoms with Gasteiger partial charge in [0.15, 0.2) is 0 Å². The number of benzene rings is 2. The number of amides is 1. The number of carbonyl (C=O) groups is 1. The van der Waals surface area contributed by atoms with Crippen molar-refractivity contribution in [1.29, 1.82) is 0 Å². The first-order valence-electron chi connectivity index (χ1n) is 9.60. The fraction of sp³-hybridized carbons (Fsp3) is 0.409. The van der Waals surface area contributed by atoms with Gasteiger partial charge in [0.2, 0.25) is 0 Å². The Morgan fingerprint density at radius 2 is 1.86 bits per heavy atom. The van der Waals surface area contributed by atoms with Crippen LogP contribution in [-0.4, -0.2) is 63.0 Å². The quantitative estimate of drug-likeness (QED) is 0.812. The van der Waals surface area contributed by atoms with Crippen LogP contribution in [-0.2, 0) is 20.8 Å². The highest BCUT2D eigenvalue weighted by Crippen LogP contribution is 2.27. The van der Waals surface area contributed by atoms with E-state index >= 15 is 0 Å². The summed E-state index contributed by atoms with van der Waals surface area (Å²) in [4.78, 5) is 16.6. The third kappa shape index (κ3) is 4.19. The van der Waals surface area contributed by atoms with Crippen LogP contribution in [0.15, 0.2) is 54.6 Å². The molecule has 0 bridgehead atoms. The van der Waals surface area contributed by atoms with Gasteiger partial charge in [-0.2, -0.15) is 0 Å². The van der Waals surface area contributed by atoms with Crippen LogP contribution in [0, 0.1) is 0 Å². The Balaban J connectivity index is 1.50. The maximum atomic E-state index is 12.5. The van der Waals surface area contributed by atoms with Crippen molar-refractivity contribution in [3.8, 4) is 5.75 Å². The highest BCUT2D eigenvalue weighted by molar-refractivity contribution is 5.95. The van der Waals surface area contributed by atoms with E-state index in [-0.39, 0.29) is 12.5 Å². The number of morpholine rings is 1. The minimum atomic E-state index is -0.521. The van der Waals surface area contributed by atoms with Crippen molar-refractivity contribution in [3.63, 3.8) is 0 Å². The zero-order chi connectivity index (χ0) is 19.4. The number of carbonyl (C=O) groups excluding carboxylic acids is 1. The summed E-state index contributed by atoms with van der Waals surface area (Å²) in [7, 11) is 1.67. The van der Waals surface area contributed by atoms with Crippen LogP contribution < -0.4 is 9.64 Å². The lowest BCUT2D eigenvalue weighted by Crippen LogP contribution is -2.60. The molecule has 0 N–H and O–H groups in total. The van der Waals surface area contributed by atoms with Gasteiger partial charge in [0.25, 0.3) is 5.91 Å². The minimum Gasteiger partial charge on any atom is -0.497 e. The van der Waals surface area contributed by atoms with Gasteiger partial charge in [-0.3, -0.25) is 9.69 Å². The summed E-state index contributed by atoms with van der Waals surface area (Å²) in [5.41, 5.74) is 1.60. The summed E-state index contributed by atoms with van der Waals surface area (Å²) in [5.74, 6) is 0.842. The third-order valence-corrected chi connectivity index (χ3v) is 5.31. The molecule has 2 saturated heterocycles. The van der Waals surface area contributed by atoms with Crippen molar-refractivity contribution in [2.24, 2.45) is 0 Å². The third-order valence-electron chi connectivity index (χ3n) is 5.31. The molecule has 0 radical (unpaired) electrons. The molecule has 1 amide bonds. The molecule has 2 heterocycles.